The van der Waals surface area contributed by atoms with Crippen LogP contribution >= 0.6 is 0 Å². The van der Waals surface area contributed by atoms with Crippen LogP contribution in [0.25, 0.3) is 0 Å². The molecule has 1 aliphatic rings. The quantitative estimate of drug-likeness (QED) is 0.750. The molecule has 1 aromatic rings. The summed E-state index contributed by atoms with van der Waals surface area (Å²) in [5, 5.41) is 2.93. The number of hydrogen-bond acceptors (Lipinski definition) is 5. The van der Waals surface area contributed by atoms with Crippen LogP contribution in [-0.4, -0.2) is 32.0 Å². The summed E-state index contributed by atoms with van der Waals surface area (Å²) in [6.07, 6.45) is 0. The van der Waals surface area contributed by atoms with Crippen molar-refractivity contribution in [1.29, 1.82) is 0 Å². The number of nitrogens with one attached hydrogen (secondary N) is 1. The fourth-order valence-corrected chi connectivity index (χ4v) is 1.67. The molecule has 0 saturated carbocycles. The molecule has 0 spiro atoms. The minimum atomic E-state index is -0.437. The number of hydrogen-bond donors (Lipinski definition) is 2. The summed E-state index contributed by atoms with van der Waals surface area (Å²) in [4.78, 5) is 24.4. The molecule has 0 aliphatic carbocycles. The number of imide groups is 1. The lowest BCUT2D eigenvalue weighted by atomic mass is 10.2. The molecule has 90 valence electrons. The molecule has 0 radical (unpaired) electrons. The molecule has 1 aromatic carbocycles. The number of carbonyl (C=O) groups excluding carboxylic acids is 2. The first-order chi connectivity index (χ1) is 8.17. The van der Waals surface area contributed by atoms with Crippen LogP contribution in [0, 0.1) is 0 Å². The first-order valence-corrected chi connectivity index (χ1v) is 5.18. The summed E-state index contributed by atoms with van der Waals surface area (Å²) in [7, 11) is 1.75. The van der Waals surface area contributed by atoms with Gasteiger partial charge < -0.3 is 15.8 Å². The van der Waals surface area contributed by atoms with E-state index in [2.05, 4.69) is 5.32 Å². The van der Waals surface area contributed by atoms with Crippen molar-refractivity contribution in [3.63, 3.8) is 0 Å². The Bertz CT molecular complexity index is 473. The lowest BCUT2D eigenvalue weighted by Gasteiger charge is -2.27. The molecule has 0 bridgehead atoms. The minimum absolute atomic E-state index is 0.141. The Balaban J connectivity index is 2.48. The zero-order valence-corrected chi connectivity index (χ0v) is 9.40. The Labute approximate surface area is 98.3 Å². The third kappa shape index (κ3) is 1.94. The molecular formula is C11H13N3O3. The Morgan fingerprint density at radius 1 is 1.59 bits per heavy atom. The Morgan fingerprint density at radius 3 is 3.00 bits per heavy atom. The van der Waals surface area contributed by atoms with E-state index < -0.39 is 11.8 Å². The van der Waals surface area contributed by atoms with Crippen LogP contribution in [0.2, 0.25) is 0 Å². The van der Waals surface area contributed by atoms with Crippen LogP contribution in [0.3, 0.4) is 0 Å². The molecular weight excluding hydrogens is 222 g/mol. The minimum Gasteiger partial charge on any atom is -0.482 e. The maximum atomic E-state index is 11.7. The summed E-state index contributed by atoms with van der Waals surface area (Å²) >= 11 is 0. The monoisotopic (exact) mass is 235 g/mol. The van der Waals surface area contributed by atoms with Crippen molar-refractivity contribution in [3.8, 4) is 5.75 Å². The molecule has 6 heteroatoms. The molecule has 1 heterocycles. The molecule has 6 nitrogen and oxygen atoms in total. The maximum Gasteiger partial charge on any atom is 0.271 e. The van der Waals surface area contributed by atoms with Gasteiger partial charge in [-0.1, -0.05) is 0 Å². The van der Waals surface area contributed by atoms with Crippen LogP contribution in [0.5, 0.6) is 5.75 Å². The van der Waals surface area contributed by atoms with Crippen molar-refractivity contribution < 1.29 is 14.3 Å². The van der Waals surface area contributed by atoms with E-state index in [1.165, 1.54) is 0 Å². The van der Waals surface area contributed by atoms with Gasteiger partial charge in [0, 0.05) is 12.7 Å². The van der Waals surface area contributed by atoms with Gasteiger partial charge in [0.25, 0.3) is 5.91 Å². The second kappa shape index (κ2) is 4.42. The zero-order valence-electron chi connectivity index (χ0n) is 9.40. The normalized spacial score (nSPS) is 14.0. The number of amides is 2. The van der Waals surface area contributed by atoms with Crippen molar-refractivity contribution in [2.45, 2.75) is 0 Å². The van der Waals surface area contributed by atoms with E-state index in [0.717, 1.165) is 10.6 Å². The Hall–Kier alpha value is -2.08. The summed E-state index contributed by atoms with van der Waals surface area (Å²) in [6, 6.07) is 5.20. The van der Waals surface area contributed by atoms with Gasteiger partial charge in [-0.15, -0.1) is 0 Å². The van der Waals surface area contributed by atoms with E-state index in [0.29, 0.717) is 11.4 Å². The van der Waals surface area contributed by atoms with E-state index in [4.69, 9.17) is 10.5 Å². The van der Waals surface area contributed by atoms with Gasteiger partial charge in [-0.05, 0) is 18.2 Å². The second-order valence-corrected chi connectivity index (χ2v) is 3.55. The van der Waals surface area contributed by atoms with Gasteiger partial charge in [-0.2, -0.15) is 0 Å². The van der Waals surface area contributed by atoms with Crippen LogP contribution in [0.15, 0.2) is 18.2 Å². The Morgan fingerprint density at radius 2 is 2.35 bits per heavy atom. The van der Waals surface area contributed by atoms with Gasteiger partial charge in [0.2, 0.25) is 5.91 Å². The van der Waals surface area contributed by atoms with E-state index in [1.54, 1.807) is 25.2 Å². The number of nitrogens with zero attached hydrogens (tertiary/aromatic N) is 1. The smallest absolute Gasteiger partial charge is 0.271 e. The Kier molecular flexibility index (Phi) is 2.97. The maximum absolute atomic E-state index is 11.7. The van der Waals surface area contributed by atoms with E-state index >= 15 is 0 Å². The van der Waals surface area contributed by atoms with E-state index in [-0.39, 0.29) is 13.2 Å². The topological polar surface area (TPSA) is 84.7 Å². The van der Waals surface area contributed by atoms with Gasteiger partial charge in [-0.3, -0.25) is 9.59 Å². The lowest BCUT2D eigenvalue weighted by Crippen LogP contribution is -2.45. The number of carbonyl (C=O) groups is 2. The second-order valence-electron chi connectivity index (χ2n) is 3.55. The number of nitrogens with two attached hydrogens (primary N) is 1. The number of benzene rings is 1. The highest BCUT2D eigenvalue weighted by atomic mass is 16.5. The van der Waals surface area contributed by atoms with E-state index in [9.17, 15) is 9.59 Å². The molecule has 2 amide bonds. The summed E-state index contributed by atoms with van der Waals surface area (Å²) in [5.74, 6) is -0.334. The predicted molar refractivity (Wildman–Crippen MR) is 63.0 cm³/mol. The molecule has 0 atom stereocenters. The molecule has 0 aromatic heterocycles. The standard InChI is InChI=1S/C11H13N3O3/c1-13-7-2-3-9-8(4-7)14(10(15)5-12)11(16)6-17-9/h2-4,13H,5-6,12H2,1H3. The summed E-state index contributed by atoms with van der Waals surface area (Å²) in [6.45, 7) is -0.355. The number of anilines is 2. The predicted octanol–water partition coefficient (Wildman–Crippen LogP) is -0.0610. The molecule has 17 heavy (non-hydrogen) atoms. The molecule has 0 unspecified atom stereocenters. The number of ether oxygens (including phenoxy) is 1. The highest BCUT2D eigenvalue weighted by Gasteiger charge is 2.30. The zero-order chi connectivity index (χ0) is 12.4. The summed E-state index contributed by atoms with van der Waals surface area (Å²) < 4.78 is 5.25. The van der Waals surface area contributed by atoms with Gasteiger partial charge in [0.1, 0.15) is 5.75 Å². The van der Waals surface area contributed by atoms with Crippen molar-refractivity contribution in [2.24, 2.45) is 5.73 Å². The van der Waals surface area contributed by atoms with Gasteiger partial charge in [-0.25, -0.2) is 4.90 Å². The fraction of sp³-hybridized carbons (Fsp3) is 0.273. The average molecular weight is 235 g/mol. The van der Waals surface area contributed by atoms with Crippen molar-refractivity contribution in [3.05, 3.63) is 18.2 Å². The van der Waals surface area contributed by atoms with Gasteiger partial charge in [0.15, 0.2) is 6.61 Å². The highest BCUT2D eigenvalue weighted by Crippen LogP contribution is 2.34. The molecule has 3 N–H and O–H groups in total. The molecule has 2 rings (SSSR count). The summed E-state index contributed by atoms with van der Waals surface area (Å²) in [5.41, 5.74) is 6.52. The molecule has 1 aliphatic heterocycles. The first kappa shape index (κ1) is 11.4. The van der Waals surface area contributed by atoms with Crippen molar-refractivity contribution >= 4 is 23.2 Å². The third-order valence-corrected chi connectivity index (χ3v) is 2.51. The van der Waals surface area contributed by atoms with Crippen molar-refractivity contribution in [2.75, 3.05) is 30.4 Å². The third-order valence-electron chi connectivity index (χ3n) is 2.51. The first-order valence-electron chi connectivity index (χ1n) is 5.18. The molecule has 0 fully saturated rings. The lowest BCUT2D eigenvalue weighted by molar-refractivity contribution is -0.127. The largest absolute Gasteiger partial charge is 0.482 e. The van der Waals surface area contributed by atoms with Crippen LogP contribution in [-0.2, 0) is 9.59 Å². The van der Waals surface area contributed by atoms with E-state index in [1.807, 2.05) is 0 Å². The average Bonchev–Trinajstić information content (AvgIpc) is 2.37. The van der Waals surface area contributed by atoms with Crippen LogP contribution < -0.4 is 20.7 Å². The number of rotatable bonds is 2. The molecule has 0 saturated heterocycles. The van der Waals surface area contributed by atoms with Crippen molar-refractivity contribution in [1.82, 2.24) is 0 Å². The highest BCUT2D eigenvalue weighted by molar-refractivity contribution is 6.17. The van der Waals surface area contributed by atoms with Crippen LogP contribution in [0.1, 0.15) is 0 Å². The SMILES string of the molecule is CNc1ccc2c(c1)N(C(=O)CN)C(=O)CO2. The number of fused-ring (bicyclic) bond motifs is 1. The van der Waals surface area contributed by atoms with Gasteiger partial charge >= 0.3 is 0 Å². The fourth-order valence-electron chi connectivity index (χ4n) is 1.67. The van der Waals surface area contributed by atoms with Gasteiger partial charge in [0.05, 0.1) is 12.2 Å². The van der Waals surface area contributed by atoms with Crippen LogP contribution in [0.4, 0.5) is 11.4 Å².